The van der Waals surface area contributed by atoms with E-state index in [1.165, 1.54) is 6.20 Å². The molecule has 0 N–H and O–H groups in total. The molecule has 72 valence electrons. The van der Waals surface area contributed by atoms with Crippen molar-refractivity contribution in [3.8, 4) is 0 Å². The molecule has 0 aromatic heterocycles. The normalized spacial score (nSPS) is 17.2. The summed E-state index contributed by atoms with van der Waals surface area (Å²) in [6, 6.07) is 0. The third-order valence-electron chi connectivity index (χ3n) is 1.96. The van der Waals surface area contributed by atoms with Gasteiger partial charge in [0.1, 0.15) is 0 Å². The van der Waals surface area contributed by atoms with Gasteiger partial charge in [-0.25, -0.2) is 0 Å². The first kappa shape index (κ1) is 9.96. The van der Waals surface area contributed by atoms with Gasteiger partial charge in [-0.15, -0.1) is 0 Å². The Hall–Kier alpha value is -1.12. The van der Waals surface area contributed by atoms with Gasteiger partial charge in [-0.3, -0.25) is 4.90 Å². The van der Waals surface area contributed by atoms with E-state index in [4.69, 9.17) is 0 Å². The van der Waals surface area contributed by atoms with E-state index in [1.807, 2.05) is 19.9 Å². The summed E-state index contributed by atoms with van der Waals surface area (Å²) in [5.41, 5.74) is 1.23. The lowest BCUT2D eigenvalue weighted by Gasteiger charge is -2.25. The maximum Gasteiger partial charge on any atom is 0.318 e. The average molecular weight is 185 g/mol. The van der Waals surface area contributed by atoms with Crippen LogP contribution in [0.4, 0.5) is 8.78 Å². The SMILES string of the molecule is C=C1C=CC(C(C)C)=CN1C(F)F. The fourth-order valence-electron chi connectivity index (χ4n) is 1.09. The lowest BCUT2D eigenvalue weighted by molar-refractivity contribution is 0.0293. The average Bonchev–Trinajstić information content (AvgIpc) is 2.04. The molecule has 0 saturated heterocycles. The quantitative estimate of drug-likeness (QED) is 0.597. The second-order valence-electron chi connectivity index (χ2n) is 3.29. The van der Waals surface area contributed by atoms with Gasteiger partial charge in [-0.05, 0) is 17.6 Å². The Morgan fingerprint density at radius 2 is 1.92 bits per heavy atom. The largest absolute Gasteiger partial charge is 0.318 e. The van der Waals surface area contributed by atoms with Gasteiger partial charge in [0.05, 0.1) is 0 Å². The molecule has 0 saturated carbocycles. The molecule has 13 heavy (non-hydrogen) atoms. The highest BCUT2D eigenvalue weighted by atomic mass is 19.3. The Balaban J connectivity index is 2.87. The lowest BCUT2D eigenvalue weighted by atomic mass is 10.0. The van der Waals surface area contributed by atoms with Crippen molar-refractivity contribution in [2.75, 3.05) is 0 Å². The van der Waals surface area contributed by atoms with Crippen LogP contribution < -0.4 is 0 Å². The van der Waals surface area contributed by atoms with E-state index in [0.717, 1.165) is 10.5 Å². The van der Waals surface area contributed by atoms with Crippen molar-refractivity contribution in [1.82, 2.24) is 4.90 Å². The van der Waals surface area contributed by atoms with Crippen LogP contribution in [0.15, 0.2) is 36.2 Å². The Morgan fingerprint density at radius 3 is 2.38 bits per heavy atom. The van der Waals surface area contributed by atoms with E-state index < -0.39 is 6.55 Å². The highest BCUT2D eigenvalue weighted by Gasteiger charge is 2.18. The molecule has 0 atom stereocenters. The maximum atomic E-state index is 12.4. The highest BCUT2D eigenvalue weighted by Crippen LogP contribution is 2.23. The molecule has 0 fully saturated rings. The zero-order valence-electron chi connectivity index (χ0n) is 7.80. The number of halogens is 2. The molecule has 1 aliphatic rings. The predicted octanol–water partition coefficient (Wildman–Crippen LogP) is 3.13. The van der Waals surface area contributed by atoms with E-state index in [0.29, 0.717) is 5.70 Å². The first-order chi connectivity index (χ1) is 6.02. The minimum Gasteiger partial charge on any atom is -0.292 e. The van der Waals surface area contributed by atoms with E-state index >= 15 is 0 Å². The molecular formula is C10H13F2N. The highest BCUT2D eigenvalue weighted by molar-refractivity contribution is 5.33. The minimum atomic E-state index is -2.51. The summed E-state index contributed by atoms with van der Waals surface area (Å²) in [5, 5.41) is 0. The monoisotopic (exact) mass is 185 g/mol. The summed E-state index contributed by atoms with van der Waals surface area (Å²) >= 11 is 0. The number of hydrogen-bond acceptors (Lipinski definition) is 1. The summed E-state index contributed by atoms with van der Waals surface area (Å²) in [4.78, 5) is 0.884. The number of hydrogen-bond donors (Lipinski definition) is 0. The first-order valence-corrected chi connectivity index (χ1v) is 4.17. The van der Waals surface area contributed by atoms with Crippen LogP contribution in [0.3, 0.4) is 0 Å². The molecule has 1 heterocycles. The fourth-order valence-corrected chi connectivity index (χ4v) is 1.09. The maximum absolute atomic E-state index is 12.4. The molecule has 1 aliphatic heterocycles. The van der Waals surface area contributed by atoms with Crippen LogP contribution in [-0.4, -0.2) is 11.4 Å². The molecule has 0 bridgehead atoms. The zero-order chi connectivity index (χ0) is 10.0. The van der Waals surface area contributed by atoms with Crippen LogP contribution in [0.5, 0.6) is 0 Å². The molecule has 0 spiro atoms. The summed E-state index contributed by atoms with van der Waals surface area (Å²) in [7, 11) is 0. The van der Waals surface area contributed by atoms with Gasteiger partial charge in [0.2, 0.25) is 0 Å². The van der Waals surface area contributed by atoms with Gasteiger partial charge in [0.25, 0.3) is 0 Å². The van der Waals surface area contributed by atoms with Gasteiger partial charge in [-0.1, -0.05) is 26.5 Å². The number of rotatable bonds is 2. The summed E-state index contributed by atoms with van der Waals surface area (Å²) in [6.07, 6.45) is 4.89. The van der Waals surface area contributed by atoms with Crippen LogP contribution in [0.2, 0.25) is 0 Å². The molecule has 0 radical (unpaired) electrons. The Bertz CT molecular complexity index is 264. The molecule has 0 unspecified atom stereocenters. The fraction of sp³-hybridized carbons (Fsp3) is 0.400. The van der Waals surface area contributed by atoms with Crippen molar-refractivity contribution in [3.05, 3.63) is 36.2 Å². The topological polar surface area (TPSA) is 3.24 Å². The molecule has 1 nitrogen and oxygen atoms in total. The summed E-state index contributed by atoms with van der Waals surface area (Å²) < 4.78 is 24.8. The van der Waals surface area contributed by atoms with E-state index in [-0.39, 0.29) is 5.92 Å². The van der Waals surface area contributed by atoms with Gasteiger partial charge in [-0.2, -0.15) is 8.78 Å². The van der Waals surface area contributed by atoms with Gasteiger partial charge in [0.15, 0.2) is 0 Å². The molecule has 1 rings (SSSR count). The van der Waals surface area contributed by atoms with Crippen LogP contribution in [-0.2, 0) is 0 Å². The van der Waals surface area contributed by atoms with Crippen molar-refractivity contribution in [2.24, 2.45) is 5.92 Å². The summed E-state index contributed by atoms with van der Waals surface area (Å²) in [5.74, 6) is 0.255. The first-order valence-electron chi connectivity index (χ1n) is 4.17. The van der Waals surface area contributed by atoms with E-state index in [1.54, 1.807) is 6.08 Å². The van der Waals surface area contributed by atoms with Crippen LogP contribution in [0.25, 0.3) is 0 Å². The molecule has 0 aliphatic carbocycles. The van der Waals surface area contributed by atoms with Crippen molar-refractivity contribution in [3.63, 3.8) is 0 Å². The van der Waals surface area contributed by atoms with Gasteiger partial charge < -0.3 is 0 Å². The van der Waals surface area contributed by atoms with Crippen molar-refractivity contribution in [1.29, 1.82) is 0 Å². The smallest absolute Gasteiger partial charge is 0.292 e. The lowest BCUT2D eigenvalue weighted by Crippen LogP contribution is -2.24. The van der Waals surface area contributed by atoms with Crippen molar-refractivity contribution >= 4 is 0 Å². The second-order valence-corrected chi connectivity index (χ2v) is 3.29. The molecule has 3 heteroatoms. The standard InChI is InChI=1S/C10H13F2N/c1-7(2)9-5-4-8(3)13(6-9)10(11)12/h4-7,10H,3H2,1-2H3. The summed E-state index contributed by atoms with van der Waals surface area (Å²) in [6.45, 7) is 4.95. The third kappa shape index (κ3) is 2.17. The molecule has 0 aromatic carbocycles. The third-order valence-corrected chi connectivity index (χ3v) is 1.96. The van der Waals surface area contributed by atoms with Gasteiger partial charge in [0, 0.05) is 11.9 Å². The molecule has 0 amide bonds. The van der Waals surface area contributed by atoms with Crippen molar-refractivity contribution < 1.29 is 8.78 Å². The Kier molecular flexibility index (Phi) is 2.86. The van der Waals surface area contributed by atoms with Crippen LogP contribution >= 0.6 is 0 Å². The van der Waals surface area contributed by atoms with E-state index in [2.05, 4.69) is 6.58 Å². The predicted molar refractivity (Wildman–Crippen MR) is 49.0 cm³/mol. The van der Waals surface area contributed by atoms with E-state index in [9.17, 15) is 8.78 Å². The molecule has 0 aromatic rings. The number of nitrogens with zero attached hydrogens (tertiary/aromatic N) is 1. The van der Waals surface area contributed by atoms with Crippen molar-refractivity contribution in [2.45, 2.75) is 20.4 Å². The number of alkyl halides is 2. The second kappa shape index (κ2) is 3.73. The van der Waals surface area contributed by atoms with Crippen LogP contribution in [0, 0.1) is 5.92 Å². The van der Waals surface area contributed by atoms with Gasteiger partial charge >= 0.3 is 6.55 Å². The number of allylic oxidation sites excluding steroid dienone is 3. The Morgan fingerprint density at radius 1 is 1.31 bits per heavy atom. The zero-order valence-corrected chi connectivity index (χ0v) is 7.80. The van der Waals surface area contributed by atoms with Crippen LogP contribution in [0.1, 0.15) is 13.8 Å². The minimum absolute atomic E-state index is 0.255. The Labute approximate surface area is 77.0 Å². The molecular weight excluding hydrogens is 172 g/mol.